The largest absolute Gasteiger partial charge is 0.382 e. The van der Waals surface area contributed by atoms with Gasteiger partial charge >= 0.3 is 0 Å². The lowest BCUT2D eigenvalue weighted by Crippen LogP contribution is -2.03. The van der Waals surface area contributed by atoms with Crippen molar-refractivity contribution < 1.29 is 4.79 Å². The number of fused-ring (bicyclic) bond motifs is 2. The minimum atomic E-state index is -0.0285. The zero-order chi connectivity index (χ0) is 19.1. The Bertz CT molecular complexity index is 1340. The summed E-state index contributed by atoms with van der Waals surface area (Å²) in [6.07, 6.45) is 1.82. The number of anilines is 1. The van der Waals surface area contributed by atoms with Crippen molar-refractivity contribution in [1.82, 2.24) is 9.38 Å². The van der Waals surface area contributed by atoms with Crippen molar-refractivity contribution in [1.29, 1.82) is 0 Å². The molecule has 2 N–H and O–H groups in total. The van der Waals surface area contributed by atoms with Crippen LogP contribution in [0.4, 0.5) is 5.82 Å². The van der Waals surface area contributed by atoms with E-state index in [9.17, 15) is 4.79 Å². The van der Waals surface area contributed by atoms with E-state index in [0.717, 1.165) is 16.6 Å². The van der Waals surface area contributed by atoms with E-state index in [0.29, 0.717) is 22.6 Å². The van der Waals surface area contributed by atoms with Crippen molar-refractivity contribution in [2.24, 2.45) is 0 Å². The summed E-state index contributed by atoms with van der Waals surface area (Å²) in [6, 6.07) is 27.3. The maximum Gasteiger partial charge on any atom is 0.194 e. The zero-order valence-electron chi connectivity index (χ0n) is 15.0. The standard InChI is InChI=1S/C24H17N3O/c25-24-22(19-11-10-16-6-4-5-9-18(16)14-19)27-15-20(12-13-21(27)26-24)23(28)17-7-2-1-3-8-17/h1-15H,25H2. The lowest BCUT2D eigenvalue weighted by Gasteiger charge is -2.07. The molecule has 0 saturated heterocycles. The second-order valence-electron chi connectivity index (χ2n) is 6.75. The molecule has 0 spiro atoms. The monoisotopic (exact) mass is 363 g/mol. The molecule has 2 aromatic heterocycles. The van der Waals surface area contributed by atoms with Crippen LogP contribution in [0.2, 0.25) is 0 Å². The van der Waals surface area contributed by atoms with E-state index in [1.54, 1.807) is 6.07 Å². The van der Waals surface area contributed by atoms with Crippen molar-refractivity contribution >= 4 is 28.0 Å². The van der Waals surface area contributed by atoms with Gasteiger partial charge in [-0.25, -0.2) is 4.98 Å². The number of benzene rings is 3. The van der Waals surface area contributed by atoms with Crippen LogP contribution in [0.15, 0.2) is 91.1 Å². The molecule has 0 saturated carbocycles. The first-order chi connectivity index (χ1) is 13.7. The maximum atomic E-state index is 12.9. The summed E-state index contributed by atoms with van der Waals surface area (Å²) < 4.78 is 1.90. The lowest BCUT2D eigenvalue weighted by atomic mass is 10.0. The summed E-state index contributed by atoms with van der Waals surface area (Å²) in [4.78, 5) is 17.3. The number of carbonyl (C=O) groups excluding carboxylic acids is 1. The molecular formula is C24H17N3O. The molecule has 0 unspecified atom stereocenters. The number of nitrogens with two attached hydrogens (primary N) is 1. The van der Waals surface area contributed by atoms with Crippen LogP contribution in [-0.2, 0) is 0 Å². The number of nitrogens with zero attached hydrogens (tertiary/aromatic N) is 2. The van der Waals surface area contributed by atoms with Gasteiger partial charge in [0.1, 0.15) is 5.65 Å². The van der Waals surface area contributed by atoms with Gasteiger partial charge in [0, 0.05) is 22.9 Å². The van der Waals surface area contributed by atoms with Gasteiger partial charge in [0.25, 0.3) is 0 Å². The third-order valence-corrected chi connectivity index (χ3v) is 4.97. The number of imidazole rings is 1. The van der Waals surface area contributed by atoms with E-state index >= 15 is 0 Å². The molecule has 134 valence electrons. The molecule has 0 aliphatic carbocycles. The molecular weight excluding hydrogens is 346 g/mol. The van der Waals surface area contributed by atoms with Crippen LogP contribution in [0.25, 0.3) is 27.7 Å². The second-order valence-corrected chi connectivity index (χ2v) is 6.75. The summed E-state index contributed by atoms with van der Waals surface area (Å²) in [6.45, 7) is 0. The van der Waals surface area contributed by atoms with Gasteiger partial charge in [-0.2, -0.15) is 0 Å². The number of hydrogen-bond acceptors (Lipinski definition) is 3. The van der Waals surface area contributed by atoms with Gasteiger partial charge in [0.2, 0.25) is 0 Å². The Hall–Kier alpha value is -3.92. The Labute approximate surface area is 161 Å². The Morgan fingerprint density at radius 3 is 2.36 bits per heavy atom. The van der Waals surface area contributed by atoms with Crippen molar-refractivity contribution in [2.75, 3.05) is 5.73 Å². The van der Waals surface area contributed by atoms with Crippen LogP contribution in [0.5, 0.6) is 0 Å². The molecule has 0 bridgehead atoms. The number of rotatable bonds is 3. The zero-order valence-corrected chi connectivity index (χ0v) is 15.0. The Balaban J connectivity index is 1.68. The first kappa shape index (κ1) is 16.3. The SMILES string of the molecule is Nc1nc2ccc(C(=O)c3ccccc3)cn2c1-c1ccc2ccccc2c1. The first-order valence-corrected chi connectivity index (χ1v) is 9.07. The third-order valence-electron chi connectivity index (χ3n) is 4.97. The van der Waals surface area contributed by atoms with E-state index in [2.05, 4.69) is 29.2 Å². The molecule has 3 aromatic carbocycles. The molecule has 0 fully saturated rings. The van der Waals surface area contributed by atoms with E-state index in [1.807, 2.05) is 65.2 Å². The highest BCUT2D eigenvalue weighted by molar-refractivity contribution is 6.09. The minimum Gasteiger partial charge on any atom is -0.382 e. The van der Waals surface area contributed by atoms with Gasteiger partial charge in [0.15, 0.2) is 11.6 Å². The molecule has 28 heavy (non-hydrogen) atoms. The number of hydrogen-bond donors (Lipinski definition) is 1. The van der Waals surface area contributed by atoms with E-state index < -0.39 is 0 Å². The van der Waals surface area contributed by atoms with Gasteiger partial charge < -0.3 is 5.73 Å². The van der Waals surface area contributed by atoms with Crippen molar-refractivity contribution in [3.63, 3.8) is 0 Å². The number of carbonyl (C=O) groups is 1. The highest BCUT2D eigenvalue weighted by Gasteiger charge is 2.15. The van der Waals surface area contributed by atoms with E-state index in [4.69, 9.17) is 5.73 Å². The van der Waals surface area contributed by atoms with Gasteiger partial charge in [-0.05, 0) is 29.0 Å². The number of pyridine rings is 1. The van der Waals surface area contributed by atoms with Crippen LogP contribution < -0.4 is 5.73 Å². The fraction of sp³-hybridized carbons (Fsp3) is 0. The molecule has 5 rings (SSSR count). The minimum absolute atomic E-state index is 0.0285. The molecule has 0 atom stereocenters. The Kier molecular flexibility index (Phi) is 3.69. The Morgan fingerprint density at radius 2 is 1.54 bits per heavy atom. The van der Waals surface area contributed by atoms with Gasteiger partial charge in [-0.15, -0.1) is 0 Å². The maximum absolute atomic E-state index is 12.9. The van der Waals surface area contributed by atoms with Crippen LogP contribution >= 0.6 is 0 Å². The summed E-state index contributed by atoms with van der Waals surface area (Å²) >= 11 is 0. The number of ketones is 1. The van der Waals surface area contributed by atoms with Gasteiger partial charge in [-0.3, -0.25) is 9.20 Å². The third kappa shape index (κ3) is 2.63. The highest BCUT2D eigenvalue weighted by atomic mass is 16.1. The lowest BCUT2D eigenvalue weighted by molar-refractivity contribution is 0.103. The average molecular weight is 363 g/mol. The topological polar surface area (TPSA) is 60.4 Å². The fourth-order valence-electron chi connectivity index (χ4n) is 3.58. The molecule has 0 radical (unpaired) electrons. The van der Waals surface area contributed by atoms with Crippen LogP contribution in [0.3, 0.4) is 0 Å². The molecule has 4 heteroatoms. The quantitative estimate of drug-likeness (QED) is 0.461. The van der Waals surface area contributed by atoms with Crippen molar-refractivity contribution in [3.8, 4) is 11.3 Å². The molecule has 4 nitrogen and oxygen atoms in total. The smallest absolute Gasteiger partial charge is 0.194 e. The number of aromatic nitrogens is 2. The summed E-state index contributed by atoms with van der Waals surface area (Å²) in [5.74, 6) is 0.416. The molecule has 2 heterocycles. The normalized spacial score (nSPS) is 11.1. The summed E-state index contributed by atoms with van der Waals surface area (Å²) in [5, 5.41) is 2.30. The molecule has 0 amide bonds. The first-order valence-electron chi connectivity index (χ1n) is 9.07. The summed E-state index contributed by atoms with van der Waals surface area (Å²) in [5.41, 5.74) is 9.97. The fourth-order valence-corrected chi connectivity index (χ4v) is 3.58. The molecule has 0 aliphatic rings. The number of nitrogen functional groups attached to an aromatic ring is 1. The predicted molar refractivity (Wildman–Crippen MR) is 112 cm³/mol. The second kappa shape index (κ2) is 6.35. The van der Waals surface area contributed by atoms with Crippen LogP contribution in [-0.4, -0.2) is 15.2 Å². The van der Waals surface area contributed by atoms with Gasteiger partial charge in [-0.1, -0.05) is 66.7 Å². The predicted octanol–water partition coefficient (Wildman–Crippen LogP) is 4.97. The molecule has 0 aliphatic heterocycles. The Morgan fingerprint density at radius 1 is 0.786 bits per heavy atom. The molecule has 5 aromatic rings. The van der Waals surface area contributed by atoms with Gasteiger partial charge in [0.05, 0.1) is 5.69 Å². The van der Waals surface area contributed by atoms with Crippen molar-refractivity contribution in [2.45, 2.75) is 0 Å². The van der Waals surface area contributed by atoms with Crippen LogP contribution in [0, 0.1) is 0 Å². The average Bonchev–Trinajstić information content (AvgIpc) is 3.08. The van der Waals surface area contributed by atoms with Crippen LogP contribution in [0.1, 0.15) is 15.9 Å². The van der Waals surface area contributed by atoms with E-state index in [1.165, 1.54) is 5.39 Å². The highest BCUT2D eigenvalue weighted by Crippen LogP contribution is 2.30. The van der Waals surface area contributed by atoms with Crippen molar-refractivity contribution in [3.05, 3.63) is 102 Å². The van der Waals surface area contributed by atoms with E-state index in [-0.39, 0.29) is 5.78 Å². The summed E-state index contributed by atoms with van der Waals surface area (Å²) in [7, 11) is 0.